The lowest BCUT2D eigenvalue weighted by Gasteiger charge is -2.30. The van der Waals surface area contributed by atoms with Gasteiger partial charge < -0.3 is 18.8 Å². The molecule has 0 unspecified atom stereocenters. The lowest BCUT2D eigenvalue weighted by atomic mass is 10.1. The summed E-state index contributed by atoms with van der Waals surface area (Å²) in [5, 5.41) is 0.372. The molecule has 1 aromatic carbocycles. The minimum atomic E-state index is -0.263. The van der Waals surface area contributed by atoms with Gasteiger partial charge in [-0.2, -0.15) is 0 Å². The van der Waals surface area contributed by atoms with Gasteiger partial charge in [-0.1, -0.05) is 23.7 Å². The maximum atomic E-state index is 13.3. The second kappa shape index (κ2) is 9.67. The number of aryl methyl sites for hydroxylation is 1. The number of amides is 2. The molecule has 2 heterocycles. The molecular weight excluding hydrogens is 402 g/mol. The van der Waals surface area contributed by atoms with Crippen LogP contribution in [0.1, 0.15) is 35.7 Å². The zero-order valence-electron chi connectivity index (χ0n) is 17.4. The summed E-state index contributed by atoms with van der Waals surface area (Å²) in [7, 11) is 1.94. The Balaban J connectivity index is 1.82. The van der Waals surface area contributed by atoms with Crippen molar-refractivity contribution in [1.29, 1.82) is 0 Å². The summed E-state index contributed by atoms with van der Waals surface area (Å²) in [6.45, 7) is 4.46. The minimum absolute atomic E-state index is 0.0488. The molecule has 0 bridgehead atoms. The fourth-order valence-electron chi connectivity index (χ4n) is 3.20. The third-order valence-electron chi connectivity index (χ3n) is 4.98. The number of benzene rings is 1. The Labute approximate surface area is 181 Å². The first kappa shape index (κ1) is 21.7. The highest BCUT2D eigenvalue weighted by Gasteiger charge is 2.26. The second-order valence-electron chi connectivity index (χ2n) is 7.45. The predicted octanol–water partition coefficient (Wildman–Crippen LogP) is 4.35. The van der Waals surface area contributed by atoms with Gasteiger partial charge in [-0.3, -0.25) is 9.59 Å². The van der Waals surface area contributed by atoms with Crippen molar-refractivity contribution in [2.45, 2.75) is 33.0 Å². The molecule has 158 valence electrons. The van der Waals surface area contributed by atoms with Gasteiger partial charge in [-0.25, -0.2) is 0 Å². The number of nitrogens with zero attached hydrogens (tertiary/aromatic N) is 3. The van der Waals surface area contributed by atoms with Gasteiger partial charge in [0.2, 0.25) is 5.91 Å². The number of rotatable bonds is 8. The Bertz CT molecular complexity index is 995. The van der Waals surface area contributed by atoms with E-state index in [2.05, 4.69) is 0 Å². The Kier molecular flexibility index (Phi) is 7.00. The van der Waals surface area contributed by atoms with Crippen molar-refractivity contribution in [1.82, 2.24) is 14.4 Å². The van der Waals surface area contributed by atoms with E-state index in [1.807, 2.05) is 49.9 Å². The highest BCUT2D eigenvalue weighted by molar-refractivity contribution is 6.33. The fourth-order valence-corrected chi connectivity index (χ4v) is 3.42. The second-order valence-corrected chi connectivity index (χ2v) is 7.85. The van der Waals surface area contributed by atoms with E-state index in [4.69, 9.17) is 16.0 Å². The zero-order chi connectivity index (χ0) is 21.7. The molecule has 0 aliphatic rings. The molecule has 0 spiro atoms. The van der Waals surface area contributed by atoms with Crippen molar-refractivity contribution in [3.05, 3.63) is 83.0 Å². The van der Waals surface area contributed by atoms with Crippen LogP contribution in [0, 0.1) is 0 Å². The SMILES string of the molecule is CC(C)N(CC(=O)N(Cc1ccco1)Cc1cccn1C)C(=O)c1ccccc1Cl. The van der Waals surface area contributed by atoms with E-state index in [9.17, 15) is 9.59 Å². The molecule has 0 fully saturated rings. The molecule has 30 heavy (non-hydrogen) atoms. The van der Waals surface area contributed by atoms with E-state index < -0.39 is 0 Å². The van der Waals surface area contributed by atoms with E-state index in [1.54, 1.807) is 46.4 Å². The molecule has 0 atom stereocenters. The summed E-state index contributed by atoms with van der Waals surface area (Å²) in [6, 6.07) is 14.3. The Morgan fingerprint density at radius 2 is 1.83 bits per heavy atom. The molecule has 0 saturated carbocycles. The van der Waals surface area contributed by atoms with E-state index in [1.165, 1.54) is 0 Å². The number of halogens is 1. The highest BCUT2D eigenvalue weighted by Crippen LogP contribution is 2.19. The van der Waals surface area contributed by atoms with Crippen molar-refractivity contribution in [3.8, 4) is 0 Å². The summed E-state index contributed by atoms with van der Waals surface area (Å²) in [6.07, 6.45) is 3.52. The van der Waals surface area contributed by atoms with Crippen LogP contribution in [0.15, 0.2) is 65.4 Å². The summed E-state index contributed by atoms with van der Waals surface area (Å²) in [5.74, 6) is 0.258. The van der Waals surface area contributed by atoms with Crippen molar-refractivity contribution >= 4 is 23.4 Å². The first-order valence-corrected chi connectivity index (χ1v) is 10.2. The van der Waals surface area contributed by atoms with E-state index >= 15 is 0 Å². The Morgan fingerprint density at radius 3 is 2.43 bits per heavy atom. The van der Waals surface area contributed by atoms with Crippen molar-refractivity contribution in [3.63, 3.8) is 0 Å². The van der Waals surface area contributed by atoms with Crippen LogP contribution in [-0.2, 0) is 24.9 Å². The van der Waals surface area contributed by atoms with E-state index in [0.29, 0.717) is 29.4 Å². The van der Waals surface area contributed by atoms with Gasteiger partial charge in [-0.15, -0.1) is 0 Å². The van der Waals surface area contributed by atoms with Crippen molar-refractivity contribution in [2.24, 2.45) is 7.05 Å². The molecule has 2 aromatic heterocycles. The Morgan fingerprint density at radius 1 is 1.07 bits per heavy atom. The third-order valence-corrected chi connectivity index (χ3v) is 5.31. The summed E-state index contributed by atoms with van der Waals surface area (Å²) < 4.78 is 7.42. The first-order chi connectivity index (χ1) is 14.4. The Hall–Kier alpha value is -2.99. The van der Waals surface area contributed by atoms with Gasteiger partial charge in [-0.05, 0) is 50.2 Å². The van der Waals surface area contributed by atoms with Gasteiger partial charge in [0, 0.05) is 25.0 Å². The lowest BCUT2D eigenvalue weighted by Crippen LogP contribution is -2.45. The van der Waals surface area contributed by atoms with Gasteiger partial charge in [0.05, 0.1) is 29.9 Å². The van der Waals surface area contributed by atoms with Gasteiger partial charge in [0.25, 0.3) is 5.91 Å². The molecule has 2 amide bonds. The molecule has 6 nitrogen and oxygen atoms in total. The fraction of sp³-hybridized carbons (Fsp3) is 0.304. The summed E-state index contributed by atoms with van der Waals surface area (Å²) in [5.41, 5.74) is 1.38. The maximum Gasteiger partial charge on any atom is 0.256 e. The van der Waals surface area contributed by atoms with Crippen molar-refractivity contribution < 1.29 is 14.0 Å². The maximum absolute atomic E-state index is 13.3. The smallest absolute Gasteiger partial charge is 0.256 e. The molecule has 0 aliphatic carbocycles. The highest BCUT2D eigenvalue weighted by atomic mass is 35.5. The average Bonchev–Trinajstić information content (AvgIpc) is 3.37. The first-order valence-electron chi connectivity index (χ1n) is 9.82. The standard InChI is InChI=1S/C23H26ClN3O3/c1-17(2)27(23(29)20-10-4-5-11-21(20)24)16-22(28)26(15-19-9-7-13-30-19)14-18-8-6-12-25(18)3/h4-13,17H,14-16H2,1-3H3. The molecule has 7 heteroatoms. The molecule has 0 radical (unpaired) electrons. The number of furan rings is 1. The molecule has 0 saturated heterocycles. The molecule has 0 aliphatic heterocycles. The number of carbonyl (C=O) groups excluding carboxylic acids is 2. The average molecular weight is 428 g/mol. The van der Waals surface area contributed by atoms with Crippen LogP contribution in [0.25, 0.3) is 0 Å². The quantitative estimate of drug-likeness (QED) is 0.537. The molecular formula is C23H26ClN3O3. The normalized spacial score (nSPS) is 11.0. The molecule has 3 rings (SSSR count). The minimum Gasteiger partial charge on any atom is -0.467 e. The van der Waals surface area contributed by atoms with Crippen LogP contribution in [0.2, 0.25) is 5.02 Å². The van der Waals surface area contributed by atoms with Crippen LogP contribution < -0.4 is 0 Å². The predicted molar refractivity (Wildman–Crippen MR) is 116 cm³/mol. The zero-order valence-corrected chi connectivity index (χ0v) is 18.2. The monoisotopic (exact) mass is 427 g/mol. The largest absolute Gasteiger partial charge is 0.467 e. The van der Waals surface area contributed by atoms with Crippen LogP contribution in [0.4, 0.5) is 0 Å². The van der Waals surface area contributed by atoms with Crippen molar-refractivity contribution in [2.75, 3.05) is 6.54 Å². The van der Waals surface area contributed by atoms with E-state index in [0.717, 1.165) is 5.69 Å². The van der Waals surface area contributed by atoms with Gasteiger partial charge in [0.1, 0.15) is 12.3 Å². The number of carbonyl (C=O) groups is 2. The van der Waals surface area contributed by atoms with Gasteiger partial charge in [0.15, 0.2) is 0 Å². The number of hydrogen-bond donors (Lipinski definition) is 0. The number of aromatic nitrogens is 1. The van der Waals surface area contributed by atoms with Crippen LogP contribution in [0.3, 0.4) is 0 Å². The third kappa shape index (κ3) is 5.13. The van der Waals surface area contributed by atoms with Crippen LogP contribution >= 0.6 is 11.6 Å². The van der Waals surface area contributed by atoms with Crippen LogP contribution in [-0.4, -0.2) is 38.8 Å². The molecule has 0 N–H and O–H groups in total. The topological polar surface area (TPSA) is 58.7 Å². The van der Waals surface area contributed by atoms with E-state index in [-0.39, 0.29) is 24.4 Å². The number of hydrogen-bond acceptors (Lipinski definition) is 3. The summed E-state index contributed by atoms with van der Waals surface area (Å²) in [4.78, 5) is 29.6. The van der Waals surface area contributed by atoms with Gasteiger partial charge >= 0.3 is 0 Å². The molecule has 3 aromatic rings. The van der Waals surface area contributed by atoms with Crippen LogP contribution in [0.5, 0.6) is 0 Å². The summed E-state index contributed by atoms with van der Waals surface area (Å²) >= 11 is 6.22. The lowest BCUT2D eigenvalue weighted by molar-refractivity contribution is -0.133.